The molecule has 2 saturated heterocycles. The molecule has 2 aromatic carbocycles. The summed E-state index contributed by atoms with van der Waals surface area (Å²) in [6.45, 7) is 4.88. The zero-order valence-electron chi connectivity index (χ0n) is 26.2. The van der Waals surface area contributed by atoms with Crippen LogP contribution in [0.2, 0.25) is 0 Å². The van der Waals surface area contributed by atoms with Gasteiger partial charge in [0.05, 0.1) is 16.7 Å². The summed E-state index contributed by atoms with van der Waals surface area (Å²) in [5.41, 5.74) is 7.17. The van der Waals surface area contributed by atoms with E-state index in [0.717, 1.165) is 31.2 Å². The number of piperidine rings is 1. The van der Waals surface area contributed by atoms with Gasteiger partial charge in [0.2, 0.25) is 10.0 Å². The lowest BCUT2D eigenvalue weighted by atomic mass is 9.84. The summed E-state index contributed by atoms with van der Waals surface area (Å²) in [5, 5.41) is 3.09. The lowest BCUT2D eigenvalue weighted by molar-refractivity contribution is 0.0940. The summed E-state index contributed by atoms with van der Waals surface area (Å²) in [5.74, 6) is -0.408. The van der Waals surface area contributed by atoms with E-state index < -0.39 is 21.7 Å². The molecular weight excluding hydrogens is 609 g/mol. The highest BCUT2D eigenvalue weighted by molar-refractivity contribution is 7.89. The predicted octanol–water partition coefficient (Wildman–Crippen LogP) is 4.15. The number of nitrogens with one attached hydrogen (secondary N) is 1. The number of nitrogens with zero attached hydrogens (tertiary/aromatic N) is 5. The van der Waals surface area contributed by atoms with E-state index in [1.807, 2.05) is 24.9 Å². The number of nitrogens with two attached hydrogens (primary N) is 1. The van der Waals surface area contributed by atoms with Crippen molar-refractivity contribution in [3.05, 3.63) is 71.3 Å². The Kier molecular flexibility index (Phi) is 9.08. The van der Waals surface area contributed by atoms with Crippen molar-refractivity contribution >= 4 is 39.0 Å². The minimum Gasteiger partial charge on any atom is -0.364 e. The first-order chi connectivity index (χ1) is 22.0. The molecule has 46 heavy (non-hydrogen) atoms. The Morgan fingerprint density at radius 2 is 1.74 bits per heavy atom. The van der Waals surface area contributed by atoms with Gasteiger partial charge in [-0.15, -0.1) is 0 Å². The molecule has 13 heteroatoms. The zero-order valence-corrected chi connectivity index (χ0v) is 27.0. The molecule has 244 valence electrons. The van der Waals surface area contributed by atoms with Gasteiger partial charge < -0.3 is 20.9 Å². The van der Waals surface area contributed by atoms with E-state index in [-0.39, 0.29) is 46.1 Å². The Bertz CT molecular complexity index is 1720. The van der Waals surface area contributed by atoms with E-state index in [0.29, 0.717) is 50.1 Å². The predicted molar refractivity (Wildman–Crippen MR) is 173 cm³/mol. The van der Waals surface area contributed by atoms with Crippen LogP contribution in [0.15, 0.2) is 53.6 Å². The van der Waals surface area contributed by atoms with Gasteiger partial charge in [0.15, 0.2) is 17.3 Å². The van der Waals surface area contributed by atoms with Gasteiger partial charge >= 0.3 is 0 Å². The second kappa shape index (κ2) is 13.0. The first-order valence-corrected chi connectivity index (χ1v) is 17.3. The van der Waals surface area contributed by atoms with E-state index in [1.165, 1.54) is 28.7 Å². The molecule has 11 nitrogen and oxygen atoms in total. The Morgan fingerprint density at radius 1 is 1.02 bits per heavy atom. The van der Waals surface area contributed by atoms with Crippen LogP contribution in [0.1, 0.15) is 71.4 Å². The highest BCUT2D eigenvalue weighted by Gasteiger charge is 2.33. The summed E-state index contributed by atoms with van der Waals surface area (Å²) < 4.78 is 42.6. The van der Waals surface area contributed by atoms with Gasteiger partial charge in [0.1, 0.15) is 11.6 Å². The third-order valence-corrected chi connectivity index (χ3v) is 11.4. The monoisotopic (exact) mass is 649 g/mol. The number of rotatable bonds is 10. The smallest absolute Gasteiger partial charge is 0.271 e. The molecule has 2 aliphatic heterocycles. The number of ketones is 1. The summed E-state index contributed by atoms with van der Waals surface area (Å²) in [6, 6.07) is 11.2. The van der Waals surface area contributed by atoms with Crippen LogP contribution in [0.5, 0.6) is 0 Å². The number of aromatic nitrogens is 2. The van der Waals surface area contributed by atoms with Crippen molar-refractivity contribution in [3.63, 3.8) is 0 Å². The van der Waals surface area contributed by atoms with Crippen LogP contribution in [0.25, 0.3) is 0 Å². The summed E-state index contributed by atoms with van der Waals surface area (Å²) in [7, 11) is -1.67. The van der Waals surface area contributed by atoms with Crippen LogP contribution in [0, 0.1) is 11.7 Å². The van der Waals surface area contributed by atoms with Gasteiger partial charge in [-0.05, 0) is 93.5 Å². The van der Waals surface area contributed by atoms with Crippen molar-refractivity contribution in [2.45, 2.75) is 55.9 Å². The molecule has 3 aliphatic rings. The maximum atomic E-state index is 14.9. The molecule has 0 radical (unpaired) electrons. The molecule has 3 fully saturated rings. The molecule has 1 aliphatic carbocycles. The number of likely N-dealkylation sites (N-methyl/N-ethyl adjacent to an activating group) is 1. The van der Waals surface area contributed by atoms with Crippen molar-refractivity contribution in [3.8, 4) is 0 Å². The molecule has 0 spiro atoms. The lowest BCUT2D eigenvalue weighted by Gasteiger charge is -2.40. The molecule has 3 N–H and O–H groups in total. The van der Waals surface area contributed by atoms with Gasteiger partial charge in [0.25, 0.3) is 5.91 Å². The van der Waals surface area contributed by atoms with E-state index in [9.17, 15) is 22.4 Å². The average molecular weight is 650 g/mol. The van der Waals surface area contributed by atoms with Crippen LogP contribution < -0.4 is 16.0 Å². The molecule has 6 rings (SSSR count). The van der Waals surface area contributed by atoms with Crippen molar-refractivity contribution < 1.29 is 22.4 Å². The van der Waals surface area contributed by atoms with E-state index in [1.54, 1.807) is 18.2 Å². The molecule has 1 aromatic heterocycles. The molecule has 1 saturated carbocycles. The number of benzene rings is 2. The first-order valence-electron chi connectivity index (χ1n) is 15.8. The number of sulfonamides is 1. The Labute approximate surface area is 269 Å². The fourth-order valence-electron chi connectivity index (χ4n) is 6.41. The Balaban J connectivity index is 1.17. The fraction of sp³-hybridized carbons (Fsp3) is 0.455. The van der Waals surface area contributed by atoms with E-state index in [2.05, 4.69) is 15.2 Å². The van der Waals surface area contributed by atoms with Gasteiger partial charge in [-0.3, -0.25) is 9.59 Å². The van der Waals surface area contributed by atoms with Crippen molar-refractivity contribution in [2.75, 3.05) is 50.0 Å². The van der Waals surface area contributed by atoms with Crippen LogP contribution in [-0.2, 0) is 10.0 Å². The summed E-state index contributed by atoms with van der Waals surface area (Å²) in [4.78, 5) is 38.8. The summed E-state index contributed by atoms with van der Waals surface area (Å²) in [6.07, 6.45) is 5.45. The van der Waals surface area contributed by atoms with E-state index in [4.69, 9.17) is 10.7 Å². The van der Waals surface area contributed by atoms with Crippen LogP contribution >= 0.6 is 0 Å². The number of piperazine rings is 1. The normalized spacial score (nSPS) is 21.2. The second-order valence-electron chi connectivity index (χ2n) is 12.6. The molecule has 3 aromatic rings. The molecule has 0 unspecified atom stereocenters. The Morgan fingerprint density at radius 3 is 2.39 bits per heavy atom. The SMILES string of the molecule is C[C@@H]1[C@H](CC(=O)c2ccc(C3CC3)cc2F)CCCN1c1cnc(C(N)=O)c(Nc2ccc(S(=O)(=O)N3CCN(C)CC3)cc2)n1. The number of anilines is 3. The molecule has 1 amide bonds. The summed E-state index contributed by atoms with van der Waals surface area (Å²) >= 11 is 0. The van der Waals surface area contributed by atoms with E-state index >= 15 is 0 Å². The number of halogens is 1. The van der Waals surface area contributed by atoms with Crippen LogP contribution in [0.3, 0.4) is 0 Å². The standard InChI is InChI=1S/C33H40FN7O4S/c1-21-23(19-29(42)27-12-7-24(18-28(27)34)22-5-6-22)4-3-13-41(21)30-20-36-31(32(35)43)33(38-30)37-25-8-10-26(11-9-25)46(44,45)40-16-14-39(2)15-17-40/h7-12,18,20-23H,3-6,13-17,19H2,1-2H3,(H2,35,43)(H,37,38)/t21-,23+/m1/s1. The maximum Gasteiger partial charge on any atom is 0.271 e. The fourth-order valence-corrected chi connectivity index (χ4v) is 7.83. The third-order valence-electron chi connectivity index (χ3n) is 9.44. The first kappa shape index (κ1) is 32.0. The molecule has 3 heterocycles. The number of amides is 1. The van der Waals surface area contributed by atoms with Gasteiger partial charge in [-0.25, -0.2) is 22.8 Å². The molecule has 2 atom stereocenters. The van der Waals surface area contributed by atoms with Gasteiger partial charge in [-0.2, -0.15) is 4.31 Å². The Hall–Kier alpha value is -3.94. The topological polar surface area (TPSA) is 142 Å². The van der Waals surface area contributed by atoms with Crippen LogP contribution in [-0.4, -0.2) is 85.1 Å². The minimum atomic E-state index is -3.64. The number of hydrogen-bond acceptors (Lipinski definition) is 9. The maximum absolute atomic E-state index is 14.9. The van der Waals surface area contributed by atoms with Crippen molar-refractivity contribution in [1.29, 1.82) is 0 Å². The number of carbonyl (C=O) groups excluding carboxylic acids is 2. The lowest BCUT2D eigenvalue weighted by Crippen LogP contribution is -2.46. The molecule has 0 bridgehead atoms. The highest BCUT2D eigenvalue weighted by atomic mass is 32.2. The largest absolute Gasteiger partial charge is 0.364 e. The number of hydrogen-bond donors (Lipinski definition) is 2. The minimum absolute atomic E-state index is 0.0346. The molecular formula is C33H40FN7O4S. The van der Waals surface area contributed by atoms with Gasteiger partial charge in [0, 0.05) is 50.9 Å². The highest BCUT2D eigenvalue weighted by Crippen LogP contribution is 2.40. The van der Waals surface area contributed by atoms with Crippen molar-refractivity contribution in [1.82, 2.24) is 19.2 Å². The van der Waals surface area contributed by atoms with Crippen LogP contribution in [0.4, 0.5) is 21.7 Å². The number of Topliss-reactive ketones (excluding diaryl/α,β-unsaturated/α-hetero) is 1. The third kappa shape index (κ3) is 6.76. The zero-order chi connectivity index (χ0) is 32.6. The van der Waals surface area contributed by atoms with Gasteiger partial charge in [-0.1, -0.05) is 6.07 Å². The van der Waals surface area contributed by atoms with Crippen molar-refractivity contribution in [2.24, 2.45) is 11.7 Å². The quantitative estimate of drug-likeness (QED) is 0.310. The number of primary amides is 1. The second-order valence-corrected chi connectivity index (χ2v) is 14.6. The number of carbonyl (C=O) groups is 2. The average Bonchev–Trinajstić information content (AvgIpc) is 3.88.